The quantitative estimate of drug-likeness (QED) is 0.806. The second kappa shape index (κ2) is 5.33. The van der Waals surface area contributed by atoms with Gasteiger partial charge in [-0.3, -0.25) is 0 Å². The van der Waals surface area contributed by atoms with Crippen LogP contribution in [0.2, 0.25) is 0 Å². The first-order valence-corrected chi connectivity index (χ1v) is 7.12. The van der Waals surface area contributed by atoms with E-state index >= 15 is 0 Å². The predicted molar refractivity (Wildman–Crippen MR) is 74.1 cm³/mol. The molecule has 1 aliphatic carbocycles. The minimum Gasteiger partial charge on any atom is -0.397 e. The van der Waals surface area contributed by atoms with E-state index in [4.69, 9.17) is 11.0 Å². The maximum atomic E-state index is 8.79. The van der Waals surface area contributed by atoms with E-state index in [9.17, 15) is 0 Å². The summed E-state index contributed by atoms with van der Waals surface area (Å²) in [4.78, 5) is 0. The number of rotatable bonds is 3. The Hall–Kier alpha value is -1.34. The molecule has 0 amide bonds. The fraction of sp³-hybridized carbons (Fsp3) is 0.462. The molecule has 0 spiro atoms. The van der Waals surface area contributed by atoms with Gasteiger partial charge < -0.3 is 11.1 Å². The van der Waals surface area contributed by atoms with Crippen LogP contribution in [0.3, 0.4) is 0 Å². The Labute approximate surface area is 106 Å². The first-order valence-electron chi connectivity index (χ1n) is 5.83. The molecule has 0 saturated heterocycles. The fourth-order valence-corrected chi connectivity index (χ4v) is 3.27. The van der Waals surface area contributed by atoms with Gasteiger partial charge in [-0.1, -0.05) is 6.42 Å². The lowest BCUT2D eigenvalue weighted by molar-refractivity contribution is 0.769. The van der Waals surface area contributed by atoms with Gasteiger partial charge in [0.1, 0.15) is 0 Å². The van der Waals surface area contributed by atoms with Crippen LogP contribution in [-0.2, 0) is 0 Å². The van der Waals surface area contributed by atoms with Crippen LogP contribution in [0, 0.1) is 11.3 Å². The highest BCUT2D eigenvalue weighted by atomic mass is 32.2. The van der Waals surface area contributed by atoms with Gasteiger partial charge in [-0.25, -0.2) is 0 Å². The third-order valence-electron chi connectivity index (χ3n) is 3.28. The number of nitrogens with two attached hydrogens (primary N) is 1. The molecule has 2 atom stereocenters. The number of hydrogen-bond donors (Lipinski definition) is 2. The maximum Gasteiger partial charge on any atom is 0.0992 e. The van der Waals surface area contributed by atoms with Crippen LogP contribution in [0.4, 0.5) is 11.4 Å². The number of anilines is 2. The number of nitriles is 1. The molecule has 2 rings (SSSR count). The Balaban J connectivity index is 2.11. The molecule has 1 aliphatic rings. The highest BCUT2D eigenvalue weighted by Crippen LogP contribution is 2.32. The standard InChI is InChI=1S/C13H17N3S/c1-17-13-4-2-3-12(13)16-11-6-5-9(8-14)7-10(11)15/h5-7,12-13,16H,2-4,15H2,1H3. The molecule has 0 radical (unpaired) electrons. The molecule has 0 bridgehead atoms. The zero-order valence-corrected chi connectivity index (χ0v) is 10.8. The molecule has 3 nitrogen and oxygen atoms in total. The van der Waals surface area contributed by atoms with Crippen molar-refractivity contribution in [2.24, 2.45) is 0 Å². The van der Waals surface area contributed by atoms with Crippen molar-refractivity contribution in [1.82, 2.24) is 0 Å². The molecule has 1 fully saturated rings. The summed E-state index contributed by atoms with van der Waals surface area (Å²) >= 11 is 1.92. The summed E-state index contributed by atoms with van der Waals surface area (Å²) in [6.07, 6.45) is 5.91. The van der Waals surface area contributed by atoms with Gasteiger partial charge in [-0.05, 0) is 37.3 Å². The summed E-state index contributed by atoms with van der Waals surface area (Å²) in [7, 11) is 0. The first-order chi connectivity index (χ1) is 8.24. The second-order valence-corrected chi connectivity index (χ2v) is 5.45. The molecule has 3 N–H and O–H groups in total. The van der Waals surface area contributed by atoms with E-state index in [0.717, 1.165) is 5.69 Å². The highest BCUT2D eigenvalue weighted by Gasteiger charge is 2.26. The Morgan fingerprint density at radius 3 is 2.94 bits per heavy atom. The van der Waals surface area contributed by atoms with Gasteiger partial charge in [0.2, 0.25) is 0 Å². The van der Waals surface area contributed by atoms with E-state index in [2.05, 4.69) is 17.6 Å². The normalized spacial score (nSPS) is 23.3. The van der Waals surface area contributed by atoms with Crippen LogP contribution < -0.4 is 11.1 Å². The van der Waals surface area contributed by atoms with Crippen molar-refractivity contribution in [3.8, 4) is 6.07 Å². The van der Waals surface area contributed by atoms with Gasteiger partial charge in [-0.15, -0.1) is 0 Å². The van der Waals surface area contributed by atoms with E-state index < -0.39 is 0 Å². The van der Waals surface area contributed by atoms with Crippen LogP contribution in [0.15, 0.2) is 18.2 Å². The van der Waals surface area contributed by atoms with Crippen molar-refractivity contribution in [1.29, 1.82) is 5.26 Å². The lowest BCUT2D eigenvalue weighted by Gasteiger charge is -2.21. The number of nitrogen functional groups attached to an aromatic ring is 1. The zero-order chi connectivity index (χ0) is 12.3. The van der Waals surface area contributed by atoms with Gasteiger partial charge in [0.05, 0.1) is 23.0 Å². The monoisotopic (exact) mass is 247 g/mol. The van der Waals surface area contributed by atoms with Crippen LogP contribution >= 0.6 is 11.8 Å². The molecule has 0 heterocycles. The smallest absolute Gasteiger partial charge is 0.0992 e. The summed E-state index contributed by atoms with van der Waals surface area (Å²) in [5, 5.41) is 13.0. The molecule has 1 aromatic carbocycles. The number of nitrogens with zero attached hydrogens (tertiary/aromatic N) is 1. The topological polar surface area (TPSA) is 61.8 Å². The zero-order valence-electron chi connectivity index (χ0n) is 9.94. The third-order valence-corrected chi connectivity index (χ3v) is 4.45. The summed E-state index contributed by atoms with van der Waals surface area (Å²) in [5.41, 5.74) is 8.17. The Kier molecular flexibility index (Phi) is 3.80. The molecular formula is C13H17N3S. The Morgan fingerprint density at radius 2 is 2.29 bits per heavy atom. The molecule has 1 saturated carbocycles. The average molecular weight is 247 g/mol. The van der Waals surface area contributed by atoms with Crippen molar-refractivity contribution >= 4 is 23.1 Å². The summed E-state index contributed by atoms with van der Waals surface area (Å²) < 4.78 is 0. The lowest BCUT2D eigenvalue weighted by Crippen LogP contribution is -2.26. The second-order valence-electron chi connectivity index (χ2n) is 4.37. The van der Waals surface area contributed by atoms with Gasteiger partial charge in [0.15, 0.2) is 0 Å². The van der Waals surface area contributed by atoms with E-state index in [1.165, 1.54) is 19.3 Å². The molecule has 2 unspecified atom stereocenters. The van der Waals surface area contributed by atoms with E-state index in [1.807, 2.05) is 23.9 Å². The van der Waals surface area contributed by atoms with Crippen molar-refractivity contribution in [3.63, 3.8) is 0 Å². The van der Waals surface area contributed by atoms with Crippen LogP contribution in [0.1, 0.15) is 24.8 Å². The summed E-state index contributed by atoms with van der Waals surface area (Å²) in [5.74, 6) is 0. The summed E-state index contributed by atoms with van der Waals surface area (Å²) in [6, 6.07) is 8.04. The first kappa shape index (κ1) is 12.1. The Bertz CT molecular complexity index is 439. The number of thioether (sulfide) groups is 1. The van der Waals surface area contributed by atoms with Crippen molar-refractivity contribution in [2.45, 2.75) is 30.6 Å². The number of nitrogens with one attached hydrogen (secondary N) is 1. The Morgan fingerprint density at radius 1 is 1.47 bits per heavy atom. The van der Waals surface area contributed by atoms with Crippen LogP contribution in [0.25, 0.3) is 0 Å². The highest BCUT2D eigenvalue weighted by molar-refractivity contribution is 7.99. The predicted octanol–water partition coefficient (Wildman–Crippen LogP) is 2.84. The van der Waals surface area contributed by atoms with E-state index in [0.29, 0.717) is 22.5 Å². The minimum absolute atomic E-state index is 0.500. The lowest BCUT2D eigenvalue weighted by atomic mass is 10.1. The van der Waals surface area contributed by atoms with Crippen LogP contribution in [0.5, 0.6) is 0 Å². The molecule has 17 heavy (non-hydrogen) atoms. The fourth-order valence-electron chi connectivity index (χ4n) is 2.34. The van der Waals surface area contributed by atoms with Crippen molar-refractivity contribution < 1.29 is 0 Å². The SMILES string of the molecule is CSC1CCCC1Nc1ccc(C#N)cc1N. The largest absolute Gasteiger partial charge is 0.397 e. The van der Waals surface area contributed by atoms with Gasteiger partial charge in [-0.2, -0.15) is 17.0 Å². The van der Waals surface area contributed by atoms with E-state index in [-0.39, 0.29) is 0 Å². The van der Waals surface area contributed by atoms with Crippen LogP contribution in [-0.4, -0.2) is 17.5 Å². The molecule has 0 aliphatic heterocycles. The average Bonchev–Trinajstić information content (AvgIpc) is 2.79. The van der Waals surface area contributed by atoms with Gasteiger partial charge in [0.25, 0.3) is 0 Å². The molecule has 1 aromatic rings. The van der Waals surface area contributed by atoms with E-state index in [1.54, 1.807) is 6.07 Å². The number of hydrogen-bond acceptors (Lipinski definition) is 4. The molecule has 0 aromatic heterocycles. The third kappa shape index (κ3) is 2.67. The number of benzene rings is 1. The maximum absolute atomic E-state index is 8.79. The minimum atomic E-state index is 0.500. The van der Waals surface area contributed by atoms with Gasteiger partial charge >= 0.3 is 0 Å². The summed E-state index contributed by atoms with van der Waals surface area (Å²) in [6.45, 7) is 0. The molecule has 4 heteroatoms. The molecule has 90 valence electrons. The molecular weight excluding hydrogens is 230 g/mol. The van der Waals surface area contributed by atoms with Crippen molar-refractivity contribution in [2.75, 3.05) is 17.3 Å². The van der Waals surface area contributed by atoms with Gasteiger partial charge in [0, 0.05) is 11.3 Å². The van der Waals surface area contributed by atoms with Crippen molar-refractivity contribution in [3.05, 3.63) is 23.8 Å².